The van der Waals surface area contributed by atoms with Gasteiger partial charge >= 0.3 is 0 Å². The van der Waals surface area contributed by atoms with Crippen LogP contribution >= 0.6 is 0 Å². The maximum atomic E-state index is 5.29. The van der Waals surface area contributed by atoms with Gasteiger partial charge in [0.2, 0.25) is 5.88 Å². The number of H-pyrrole nitrogens is 1. The molecule has 0 saturated carbocycles. The maximum absolute atomic E-state index is 5.29. The van der Waals surface area contributed by atoms with Crippen LogP contribution in [0.2, 0.25) is 0 Å². The highest BCUT2D eigenvalue weighted by Gasteiger charge is 2.24. The molecule has 1 aliphatic carbocycles. The summed E-state index contributed by atoms with van der Waals surface area (Å²) in [6, 6.07) is 20.9. The van der Waals surface area contributed by atoms with E-state index in [4.69, 9.17) is 4.74 Å². The van der Waals surface area contributed by atoms with Gasteiger partial charge in [0.15, 0.2) is 0 Å². The van der Waals surface area contributed by atoms with E-state index >= 15 is 0 Å². The van der Waals surface area contributed by atoms with Crippen LogP contribution in [0.5, 0.6) is 5.88 Å². The number of hydrogen-bond acceptors (Lipinski definition) is 4. The van der Waals surface area contributed by atoms with Gasteiger partial charge in [0.1, 0.15) is 0 Å². The smallest absolute Gasteiger partial charge is 0.237 e. The van der Waals surface area contributed by atoms with Gasteiger partial charge in [-0.15, -0.1) is 0 Å². The second-order valence-corrected chi connectivity index (χ2v) is 6.87. The number of benzene rings is 2. The van der Waals surface area contributed by atoms with E-state index in [0.29, 0.717) is 12.4 Å². The Bertz CT molecular complexity index is 1130. The standard InChI is InChI=1S/C23H20N4O/c1-28-23-20(7-4-12-24-23)25-14-15-8-10-16(11-9-15)21-19-13-17-5-2-3-6-18(17)22(19)27-26-21/h2-12,25H,13-14H2,1H3,(H,26,27). The van der Waals surface area contributed by atoms with Crippen molar-refractivity contribution in [1.29, 1.82) is 0 Å². The number of aromatic amines is 1. The Kier molecular flexibility index (Phi) is 4.05. The Labute approximate surface area is 163 Å². The number of aromatic nitrogens is 3. The molecule has 0 bridgehead atoms. The quantitative estimate of drug-likeness (QED) is 0.473. The number of pyridine rings is 1. The topological polar surface area (TPSA) is 62.8 Å². The molecular formula is C23H20N4O. The molecule has 5 rings (SSSR count). The molecule has 0 radical (unpaired) electrons. The molecule has 2 N–H and O–H groups in total. The van der Waals surface area contributed by atoms with Crippen LogP contribution in [0, 0.1) is 0 Å². The Morgan fingerprint density at radius 3 is 2.75 bits per heavy atom. The third-order valence-corrected chi connectivity index (χ3v) is 5.20. The zero-order chi connectivity index (χ0) is 18.9. The number of methoxy groups -OCH3 is 1. The van der Waals surface area contributed by atoms with Crippen molar-refractivity contribution in [3.8, 4) is 28.4 Å². The van der Waals surface area contributed by atoms with E-state index in [1.54, 1.807) is 13.3 Å². The van der Waals surface area contributed by atoms with Crippen LogP contribution in [-0.2, 0) is 13.0 Å². The highest BCUT2D eigenvalue weighted by Crippen LogP contribution is 2.39. The van der Waals surface area contributed by atoms with E-state index in [0.717, 1.165) is 29.1 Å². The lowest BCUT2D eigenvalue weighted by atomic mass is 10.0. The van der Waals surface area contributed by atoms with Crippen LogP contribution in [0.25, 0.3) is 22.5 Å². The summed E-state index contributed by atoms with van der Waals surface area (Å²) in [6.45, 7) is 0.701. The van der Waals surface area contributed by atoms with Gasteiger partial charge in [0.05, 0.1) is 24.2 Å². The predicted molar refractivity (Wildman–Crippen MR) is 110 cm³/mol. The van der Waals surface area contributed by atoms with Crippen molar-refractivity contribution in [2.45, 2.75) is 13.0 Å². The van der Waals surface area contributed by atoms with Gasteiger partial charge in [0.25, 0.3) is 0 Å². The first-order valence-electron chi connectivity index (χ1n) is 9.31. The van der Waals surface area contributed by atoms with Crippen LogP contribution in [0.1, 0.15) is 16.7 Å². The number of nitrogens with one attached hydrogen (secondary N) is 2. The fraction of sp³-hybridized carbons (Fsp3) is 0.130. The lowest BCUT2D eigenvalue weighted by Crippen LogP contribution is -2.02. The third kappa shape index (κ3) is 2.81. The summed E-state index contributed by atoms with van der Waals surface area (Å²) in [5.74, 6) is 0.603. The van der Waals surface area contributed by atoms with Crippen molar-refractivity contribution in [2.75, 3.05) is 12.4 Å². The van der Waals surface area contributed by atoms with Gasteiger partial charge in [-0.05, 0) is 23.3 Å². The van der Waals surface area contributed by atoms with E-state index in [1.165, 1.54) is 22.3 Å². The van der Waals surface area contributed by atoms with Gasteiger partial charge in [-0.1, -0.05) is 48.5 Å². The lowest BCUT2D eigenvalue weighted by Gasteiger charge is -2.10. The van der Waals surface area contributed by atoms with Gasteiger partial charge in [0, 0.05) is 35.9 Å². The van der Waals surface area contributed by atoms with Crippen LogP contribution in [-0.4, -0.2) is 22.3 Å². The first-order chi connectivity index (χ1) is 13.8. The molecule has 0 unspecified atom stereocenters. The van der Waals surface area contributed by atoms with E-state index < -0.39 is 0 Å². The number of fused-ring (bicyclic) bond motifs is 3. The summed E-state index contributed by atoms with van der Waals surface area (Å²) in [5.41, 5.74) is 9.31. The highest BCUT2D eigenvalue weighted by atomic mass is 16.5. The van der Waals surface area contributed by atoms with E-state index in [9.17, 15) is 0 Å². The molecular weight excluding hydrogens is 348 g/mol. The first kappa shape index (κ1) is 16.6. The molecule has 0 atom stereocenters. The van der Waals surface area contributed by atoms with Gasteiger partial charge in [-0.25, -0.2) is 4.98 Å². The Hall–Kier alpha value is -3.60. The second-order valence-electron chi connectivity index (χ2n) is 6.87. The summed E-state index contributed by atoms with van der Waals surface area (Å²) in [7, 11) is 1.63. The van der Waals surface area contributed by atoms with Crippen molar-refractivity contribution >= 4 is 5.69 Å². The number of ether oxygens (including phenoxy) is 1. The SMILES string of the molecule is COc1ncccc1NCc1ccc(-c2n[nH]c3c2Cc2ccccc2-3)cc1. The average Bonchev–Trinajstić information content (AvgIpc) is 3.32. The Morgan fingerprint density at radius 1 is 1.04 bits per heavy atom. The fourth-order valence-corrected chi connectivity index (χ4v) is 3.77. The van der Waals surface area contributed by atoms with Crippen molar-refractivity contribution < 1.29 is 4.74 Å². The van der Waals surface area contributed by atoms with Crippen LogP contribution < -0.4 is 10.1 Å². The van der Waals surface area contributed by atoms with Crippen molar-refractivity contribution in [1.82, 2.24) is 15.2 Å². The molecule has 2 heterocycles. The summed E-state index contributed by atoms with van der Waals surface area (Å²) in [4.78, 5) is 4.21. The first-order valence-corrected chi connectivity index (χ1v) is 9.31. The second kappa shape index (κ2) is 6.85. The molecule has 138 valence electrons. The number of rotatable bonds is 5. The van der Waals surface area contributed by atoms with Crippen molar-refractivity contribution in [3.63, 3.8) is 0 Å². The normalized spacial score (nSPS) is 11.8. The summed E-state index contributed by atoms with van der Waals surface area (Å²) < 4.78 is 5.29. The van der Waals surface area contributed by atoms with Gasteiger partial charge in [-0.2, -0.15) is 5.10 Å². The highest BCUT2D eigenvalue weighted by molar-refractivity contribution is 5.80. The van der Waals surface area contributed by atoms with Gasteiger partial charge < -0.3 is 10.1 Å². The van der Waals surface area contributed by atoms with E-state index in [-0.39, 0.29) is 0 Å². The third-order valence-electron chi connectivity index (χ3n) is 5.20. The van der Waals surface area contributed by atoms with Crippen molar-refractivity contribution in [3.05, 3.63) is 83.6 Å². The summed E-state index contributed by atoms with van der Waals surface area (Å²) >= 11 is 0. The van der Waals surface area contributed by atoms with Crippen LogP contribution in [0.3, 0.4) is 0 Å². The van der Waals surface area contributed by atoms with E-state index in [1.807, 2.05) is 12.1 Å². The molecule has 2 aromatic heterocycles. The summed E-state index contributed by atoms with van der Waals surface area (Å²) in [5, 5.41) is 11.2. The number of nitrogens with zero attached hydrogens (tertiary/aromatic N) is 2. The largest absolute Gasteiger partial charge is 0.480 e. The molecule has 4 aromatic rings. The molecule has 1 aliphatic rings. The molecule has 2 aromatic carbocycles. The molecule has 28 heavy (non-hydrogen) atoms. The minimum absolute atomic E-state index is 0.603. The summed E-state index contributed by atoms with van der Waals surface area (Å²) in [6.07, 6.45) is 2.65. The van der Waals surface area contributed by atoms with Gasteiger partial charge in [-0.3, -0.25) is 5.10 Å². The Morgan fingerprint density at radius 2 is 1.89 bits per heavy atom. The Balaban J connectivity index is 1.35. The number of anilines is 1. The molecule has 5 nitrogen and oxygen atoms in total. The van der Waals surface area contributed by atoms with Crippen LogP contribution in [0.4, 0.5) is 5.69 Å². The zero-order valence-corrected chi connectivity index (χ0v) is 15.6. The zero-order valence-electron chi connectivity index (χ0n) is 15.6. The van der Waals surface area contributed by atoms with Crippen molar-refractivity contribution in [2.24, 2.45) is 0 Å². The fourth-order valence-electron chi connectivity index (χ4n) is 3.77. The molecule has 0 amide bonds. The lowest BCUT2D eigenvalue weighted by molar-refractivity contribution is 0.399. The molecule has 0 aliphatic heterocycles. The maximum Gasteiger partial charge on any atom is 0.237 e. The van der Waals surface area contributed by atoms with E-state index in [2.05, 4.69) is 69.0 Å². The minimum Gasteiger partial charge on any atom is -0.480 e. The molecule has 0 spiro atoms. The predicted octanol–water partition coefficient (Wildman–Crippen LogP) is 4.66. The molecule has 0 saturated heterocycles. The van der Waals surface area contributed by atoms with Crippen LogP contribution in [0.15, 0.2) is 66.9 Å². The number of hydrogen-bond donors (Lipinski definition) is 2. The molecule has 5 heteroatoms. The molecule has 0 fully saturated rings. The minimum atomic E-state index is 0.603. The monoisotopic (exact) mass is 368 g/mol. The average molecular weight is 368 g/mol.